The van der Waals surface area contributed by atoms with Crippen molar-refractivity contribution in [3.05, 3.63) is 59.7 Å². The second-order valence-corrected chi connectivity index (χ2v) is 9.17. The van der Waals surface area contributed by atoms with Crippen LogP contribution in [-0.2, 0) is 4.79 Å². The van der Waals surface area contributed by atoms with Gasteiger partial charge >= 0.3 is 0 Å². The van der Waals surface area contributed by atoms with Crippen LogP contribution in [-0.4, -0.2) is 34.7 Å². The Kier molecular flexibility index (Phi) is 8.54. The maximum absolute atomic E-state index is 12.9. The van der Waals surface area contributed by atoms with Crippen LogP contribution < -0.4 is 15.4 Å². The van der Waals surface area contributed by atoms with Crippen LogP contribution in [0.5, 0.6) is 5.75 Å². The lowest BCUT2D eigenvalue weighted by atomic mass is 10.0. The number of ether oxygens (including phenoxy) is 1. The second kappa shape index (κ2) is 11.6. The van der Waals surface area contributed by atoms with Crippen LogP contribution in [0.3, 0.4) is 0 Å². The molecule has 0 bridgehead atoms. The molecular formula is C25H30N4O3S. The van der Waals surface area contributed by atoms with Gasteiger partial charge in [0, 0.05) is 11.1 Å². The van der Waals surface area contributed by atoms with Crippen molar-refractivity contribution >= 4 is 28.3 Å². The van der Waals surface area contributed by atoms with E-state index in [2.05, 4.69) is 27.8 Å². The zero-order valence-corrected chi connectivity index (χ0v) is 20.2. The van der Waals surface area contributed by atoms with Crippen LogP contribution in [0.2, 0.25) is 0 Å². The van der Waals surface area contributed by atoms with Gasteiger partial charge in [-0.25, -0.2) is 0 Å². The molecule has 0 spiro atoms. The number of rotatable bonds is 10. The second-order valence-electron chi connectivity index (χ2n) is 8.19. The highest BCUT2D eigenvalue weighted by Crippen LogP contribution is 2.27. The van der Waals surface area contributed by atoms with Crippen molar-refractivity contribution in [1.82, 2.24) is 15.5 Å². The quantitative estimate of drug-likeness (QED) is 0.406. The molecule has 0 saturated heterocycles. The zero-order valence-electron chi connectivity index (χ0n) is 19.4. The van der Waals surface area contributed by atoms with Crippen LogP contribution in [0, 0.1) is 12.8 Å². The summed E-state index contributed by atoms with van der Waals surface area (Å²) in [4.78, 5) is 25.7. The van der Waals surface area contributed by atoms with Gasteiger partial charge in [0.1, 0.15) is 16.8 Å². The number of unbranched alkanes of at least 4 members (excludes halogenated alkanes) is 1. The predicted octanol–water partition coefficient (Wildman–Crippen LogP) is 5.09. The Morgan fingerprint density at radius 3 is 2.52 bits per heavy atom. The van der Waals surface area contributed by atoms with Gasteiger partial charge in [-0.2, -0.15) is 0 Å². The summed E-state index contributed by atoms with van der Waals surface area (Å²) in [7, 11) is 0. The van der Waals surface area contributed by atoms with Crippen LogP contribution >= 0.6 is 11.3 Å². The van der Waals surface area contributed by atoms with Crippen molar-refractivity contribution in [1.29, 1.82) is 0 Å². The topological polar surface area (TPSA) is 93.2 Å². The van der Waals surface area contributed by atoms with Gasteiger partial charge in [0.25, 0.3) is 5.91 Å². The van der Waals surface area contributed by atoms with Crippen molar-refractivity contribution in [3.63, 3.8) is 0 Å². The molecule has 33 heavy (non-hydrogen) atoms. The number of anilines is 1. The lowest BCUT2D eigenvalue weighted by molar-refractivity contribution is -0.118. The van der Waals surface area contributed by atoms with Crippen LogP contribution in [0.25, 0.3) is 10.6 Å². The molecule has 0 saturated carbocycles. The Bertz CT molecular complexity index is 1080. The summed E-state index contributed by atoms with van der Waals surface area (Å²) in [5.74, 6) is -0.0416. The molecule has 3 rings (SSSR count). The smallest absolute Gasteiger partial charge is 0.251 e. The minimum atomic E-state index is -0.718. The first kappa shape index (κ1) is 24.4. The molecule has 174 valence electrons. The number of aryl methyl sites for hydroxylation is 1. The molecule has 0 aliphatic heterocycles. The zero-order chi connectivity index (χ0) is 23.8. The van der Waals surface area contributed by atoms with E-state index in [0.29, 0.717) is 17.3 Å². The molecule has 2 N–H and O–H groups in total. The fourth-order valence-electron chi connectivity index (χ4n) is 3.15. The van der Waals surface area contributed by atoms with Gasteiger partial charge in [0.05, 0.1) is 6.61 Å². The molecule has 1 atom stereocenters. The molecule has 0 fully saturated rings. The molecule has 7 nitrogen and oxygen atoms in total. The van der Waals surface area contributed by atoms with E-state index in [-0.39, 0.29) is 17.7 Å². The average Bonchev–Trinajstić information content (AvgIpc) is 3.26. The van der Waals surface area contributed by atoms with E-state index >= 15 is 0 Å². The number of amides is 2. The first-order valence-corrected chi connectivity index (χ1v) is 11.9. The largest absolute Gasteiger partial charge is 0.494 e. The summed E-state index contributed by atoms with van der Waals surface area (Å²) in [5.41, 5.74) is 2.54. The van der Waals surface area contributed by atoms with Crippen LogP contribution in [0.4, 0.5) is 5.13 Å². The molecule has 0 aliphatic carbocycles. The first-order chi connectivity index (χ1) is 15.9. The van der Waals surface area contributed by atoms with E-state index in [9.17, 15) is 9.59 Å². The number of carbonyl (C=O) groups excluding carboxylic acids is 2. The van der Waals surface area contributed by atoms with Gasteiger partial charge in [-0.15, -0.1) is 10.2 Å². The maximum Gasteiger partial charge on any atom is 0.251 e. The number of nitrogens with one attached hydrogen (secondary N) is 2. The molecule has 3 aromatic rings. The molecule has 1 unspecified atom stereocenters. The Hall–Kier alpha value is -3.26. The van der Waals surface area contributed by atoms with Crippen molar-refractivity contribution in [2.24, 2.45) is 5.92 Å². The summed E-state index contributed by atoms with van der Waals surface area (Å²) >= 11 is 1.30. The monoisotopic (exact) mass is 466 g/mol. The predicted molar refractivity (Wildman–Crippen MR) is 132 cm³/mol. The molecule has 0 radical (unpaired) electrons. The fraction of sp³-hybridized carbons (Fsp3) is 0.360. The van der Waals surface area contributed by atoms with Gasteiger partial charge < -0.3 is 10.1 Å². The van der Waals surface area contributed by atoms with Crippen molar-refractivity contribution in [2.45, 2.75) is 46.6 Å². The summed E-state index contributed by atoms with van der Waals surface area (Å²) in [5, 5.41) is 15.0. The first-order valence-electron chi connectivity index (χ1n) is 11.1. The van der Waals surface area contributed by atoms with Crippen molar-refractivity contribution in [3.8, 4) is 16.3 Å². The normalized spacial score (nSPS) is 11.8. The third kappa shape index (κ3) is 6.86. The molecule has 2 amide bonds. The Morgan fingerprint density at radius 1 is 1.09 bits per heavy atom. The maximum atomic E-state index is 12.9. The standard InChI is InChI=1S/C25H30N4O3S/c1-5-6-14-32-20-12-10-18(11-13-20)22(30)26-21(16(2)3)23(31)27-25-29-28-24(33-25)19-9-7-8-17(4)15-19/h7-13,15-16,21H,5-6,14H2,1-4H3,(H,26,30)(H,27,29,31). The highest BCUT2D eigenvalue weighted by molar-refractivity contribution is 7.18. The Morgan fingerprint density at radius 2 is 1.85 bits per heavy atom. The van der Waals surface area contributed by atoms with E-state index in [1.807, 2.05) is 45.0 Å². The van der Waals surface area contributed by atoms with Gasteiger partial charge in [0.15, 0.2) is 0 Å². The minimum Gasteiger partial charge on any atom is -0.494 e. The summed E-state index contributed by atoms with van der Waals surface area (Å²) in [6.45, 7) is 8.53. The van der Waals surface area contributed by atoms with Crippen molar-refractivity contribution in [2.75, 3.05) is 11.9 Å². The molecule has 1 heterocycles. The van der Waals surface area contributed by atoms with E-state index in [1.165, 1.54) is 11.3 Å². The summed E-state index contributed by atoms with van der Waals surface area (Å²) < 4.78 is 5.64. The van der Waals surface area contributed by atoms with E-state index in [0.717, 1.165) is 34.7 Å². The van der Waals surface area contributed by atoms with E-state index in [4.69, 9.17) is 4.74 Å². The SMILES string of the molecule is CCCCOc1ccc(C(=O)NC(C(=O)Nc2nnc(-c3cccc(C)c3)s2)C(C)C)cc1. The van der Waals surface area contributed by atoms with Gasteiger partial charge in [0.2, 0.25) is 11.0 Å². The molecule has 2 aromatic carbocycles. The van der Waals surface area contributed by atoms with Crippen molar-refractivity contribution < 1.29 is 14.3 Å². The van der Waals surface area contributed by atoms with Crippen LogP contribution in [0.15, 0.2) is 48.5 Å². The summed E-state index contributed by atoms with van der Waals surface area (Å²) in [6.07, 6.45) is 2.04. The number of hydrogen-bond donors (Lipinski definition) is 2. The van der Waals surface area contributed by atoms with Gasteiger partial charge in [-0.3, -0.25) is 14.9 Å². The third-order valence-electron chi connectivity index (χ3n) is 5.04. The Labute approximate surface area is 198 Å². The van der Waals surface area contributed by atoms with Gasteiger partial charge in [-0.1, -0.05) is 62.3 Å². The molecular weight excluding hydrogens is 436 g/mol. The van der Waals surface area contributed by atoms with Gasteiger partial charge in [-0.05, 0) is 49.6 Å². The number of carbonyl (C=O) groups is 2. The Balaban J connectivity index is 1.63. The summed E-state index contributed by atoms with van der Waals surface area (Å²) in [6, 6.07) is 14.2. The number of aromatic nitrogens is 2. The third-order valence-corrected chi connectivity index (χ3v) is 5.93. The minimum absolute atomic E-state index is 0.116. The number of nitrogens with zero attached hydrogens (tertiary/aromatic N) is 2. The lowest BCUT2D eigenvalue weighted by Crippen LogP contribution is -2.47. The number of hydrogen-bond acceptors (Lipinski definition) is 6. The molecule has 8 heteroatoms. The average molecular weight is 467 g/mol. The molecule has 1 aromatic heterocycles. The molecule has 0 aliphatic rings. The van der Waals surface area contributed by atoms with E-state index in [1.54, 1.807) is 24.3 Å². The number of benzene rings is 2. The highest BCUT2D eigenvalue weighted by Gasteiger charge is 2.26. The van der Waals surface area contributed by atoms with E-state index < -0.39 is 6.04 Å². The highest BCUT2D eigenvalue weighted by atomic mass is 32.1. The lowest BCUT2D eigenvalue weighted by Gasteiger charge is -2.21. The van der Waals surface area contributed by atoms with Crippen LogP contribution in [0.1, 0.15) is 49.5 Å². The fourth-order valence-corrected chi connectivity index (χ4v) is 3.89.